The van der Waals surface area contributed by atoms with Gasteiger partial charge in [0, 0.05) is 29.5 Å². The summed E-state index contributed by atoms with van der Waals surface area (Å²) >= 11 is 0. The van der Waals surface area contributed by atoms with Gasteiger partial charge >= 0.3 is 0 Å². The van der Waals surface area contributed by atoms with Crippen molar-refractivity contribution in [1.29, 1.82) is 0 Å². The summed E-state index contributed by atoms with van der Waals surface area (Å²) in [6, 6.07) is 17.6. The molecule has 0 fully saturated rings. The number of methoxy groups -OCH3 is 3. The molecule has 0 saturated heterocycles. The maximum absolute atomic E-state index is 13.8. The first-order chi connectivity index (χ1) is 19.3. The molecule has 40 heavy (non-hydrogen) atoms. The zero-order valence-electron chi connectivity index (χ0n) is 22.2. The van der Waals surface area contributed by atoms with Crippen LogP contribution in [0.15, 0.2) is 78.0 Å². The Kier molecular flexibility index (Phi) is 7.06. The average molecular weight is 543 g/mol. The largest absolute Gasteiger partial charge is 0.497 e. The maximum Gasteiger partial charge on any atom is 0.269 e. The molecule has 0 saturated carbocycles. The number of carbonyl (C=O) groups is 1. The van der Waals surface area contributed by atoms with Crippen molar-refractivity contribution in [1.82, 2.24) is 14.8 Å². The van der Waals surface area contributed by atoms with E-state index >= 15 is 0 Å². The van der Waals surface area contributed by atoms with Crippen LogP contribution in [-0.2, 0) is 4.79 Å². The molecule has 204 valence electrons. The van der Waals surface area contributed by atoms with E-state index in [0.717, 1.165) is 0 Å². The van der Waals surface area contributed by atoms with Gasteiger partial charge in [0.15, 0.2) is 5.82 Å². The van der Waals surface area contributed by atoms with Crippen molar-refractivity contribution in [2.24, 2.45) is 0 Å². The van der Waals surface area contributed by atoms with Gasteiger partial charge in [0.25, 0.3) is 11.6 Å². The minimum Gasteiger partial charge on any atom is -0.497 e. The van der Waals surface area contributed by atoms with E-state index in [1.54, 1.807) is 80.4 Å². The number of hydrogen-bond donors (Lipinski definition) is 2. The summed E-state index contributed by atoms with van der Waals surface area (Å²) in [6.07, 6.45) is 0. The standard InChI is InChI=1S/C28H26N6O6/c1-16-24(27(35)30-22-7-5-6-8-23(22)40-4)25(17-9-11-19(12-10-17)34(36)37)33-28(29-16)31-26(32-33)18-13-20(38-2)15-21(14-18)39-3/h5-15,25H,1-4H3,(H,30,35)(H,29,31,32). The molecule has 12 heteroatoms. The lowest BCUT2D eigenvalue weighted by molar-refractivity contribution is -0.384. The molecule has 1 atom stereocenters. The number of nitro groups is 1. The van der Waals surface area contributed by atoms with E-state index in [1.165, 1.54) is 19.2 Å². The van der Waals surface area contributed by atoms with Crippen molar-refractivity contribution in [2.45, 2.75) is 13.0 Å². The molecule has 3 aromatic carbocycles. The van der Waals surface area contributed by atoms with Crippen LogP contribution in [0.25, 0.3) is 11.4 Å². The Morgan fingerprint density at radius 1 is 1.00 bits per heavy atom. The number of carbonyl (C=O) groups excluding carboxylic acids is 1. The number of fused-ring (bicyclic) bond motifs is 1. The fourth-order valence-corrected chi connectivity index (χ4v) is 4.53. The van der Waals surface area contributed by atoms with Crippen molar-refractivity contribution in [3.05, 3.63) is 93.7 Å². The number of nitro benzene ring substituents is 1. The van der Waals surface area contributed by atoms with Crippen LogP contribution >= 0.6 is 0 Å². The molecule has 0 bridgehead atoms. The summed E-state index contributed by atoms with van der Waals surface area (Å²) in [6.45, 7) is 1.77. The molecule has 0 radical (unpaired) electrons. The zero-order chi connectivity index (χ0) is 28.4. The summed E-state index contributed by atoms with van der Waals surface area (Å²) in [5.41, 5.74) is 2.57. The minimum absolute atomic E-state index is 0.0682. The van der Waals surface area contributed by atoms with Gasteiger partial charge in [0.1, 0.15) is 23.3 Å². The second-order valence-corrected chi connectivity index (χ2v) is 8.87. The lowest BCUT2D eigenvalue weighted by Gasteiger charge is -2.28. The number of benzene rings is 3. The van der Waals surface area contributed by atoms with E-state index in [0.29, 0.717) is 57.1 Å². The van der Waals surface area contributed by atoms with Crippen LogP contribution < -0.4 is 24.8 Å². The number of ether oxygens (including phenoxy) is 3. The summed E-state index contributed by atoms with van der Waals surface area (Å²) in [5, 5.41) is 22.2. The van der Waals surface area contributed by atoms with E-state index in [4.69, 9.17) is 19.3 Å². The van der Waals surface area contributed by atoms with Crippen LogP contribution in [0, 0.1) is 10.1 Å². The Morgan fingerprint density at radius 3 is 2.30 bits per heavy atom. The van der Waals surface area contributed by atoms with Gasteiger partial charge in [-0.1, -0.05) is 12.1 Å². The minimum atomic E-state index is -0.750. The van der Waals surface area contributed by atoms with Gasteiger partial charge in [-0.15, -0.1) is 5.10 Å². The first-order valence-corrected chi connectivity index (χ1v) is 12.2. The summed E-state index contributed by atoms with van der Waals surface area (Å²) in [5.74, 6) is 1.99. The normalized spacial score (nSPS) is 14.2. The van der Waals surface area contributed by atoms with Crippen LogP contribution in [0.3, 0.4) is 0 Å². The summed E-state index contributed by atoms with van der Waals surface area (Å²) in [4.78, 5) is 29.3. The monoisotopic (exact) mass is 542 g/mol. The molecular formula is C28H26N6O6. The van der Waals surface area contributed by atoms with Crippen molar-refractivity contribution in [3.63, 3.8) is 0 Å². The van der Waals surface area contributed by atoms with Crippen LogP contribution in [0.1, 0.15) is 18.5 Å². The van der Waals surface area contributed by atoms with Crippen LogP contribution in [0.5, 0.6) is 17.2 Å². The molecule has 1 amide bonds. The second kappa shape index (κ2) is 10.8. The number of amides is 1. The van der Waals surface area contributed by atoms with E-state index in [-0.39, 0.29) is 5.69 Å². The molecule has 4 aromatic rings. The van der Waals surface area contributed by atoms with Gasteiger partial charge in [-0.2, -0.15) is 4.98 Å². The lowest BCUT2D eigenvalue weighted by Crippen LogP contribution is -2.31. The molecule has 0 aliphatic carbocycles. The maximum atomic E-state index is 13.8. The third-order valence-electron chi connectivity index (χ3n) is 6.48. The number of aromatic nitrogens is 3. The highest BCUT2D eigenvalue weighted by atomic mass is 16.6. The van der Waals surface area contributed by atoms with E-state index in [2.05, 4.69) is 15.6 Å². The van der Waals surface area contributed by atoms with Gasteiger partial charge in [-0.05, 0) is 48.9 Å². The molecule has 2 N–H and O–H groups in total. The fraction of sp³-hybridized carbons (Fsp3) is 0.179. The number of para-hydroxylation sites is 2. The highest BCUT2D eigenvalue weighted by molar-refractivity contribution is 6.06. The molecule has 1 aromatic heterocycles. The predicted octanol–water partition coefficient (Wildman–Crippen LogP) is 4.81. The molecule has 2 heterocycles. The number of anilines is 2. The Labute approximate surface area is 229 Å². The quantitative estimate of drug-likeness (QED) is 0.237. The number of nitrogens with zero attached hydrogens (tertiary/aromatic N) is 4. The van der Waals surface area contributed by atoms with Gasteiger partial charge in [0.2, 0.25) is 5.95 Å². The van der Waals surface area contributed by atoms with Crippen molar-refractivity contribution >= 4 is 23.2 Å². The molecule has 12 nitrogen and oxygen atoms in total. The van der Waals surface area contributed by atoms with Crippen molar-refractivity contribution in [3.8, 4) is 28.6 Å². The Hall–Kier alpha value is -5.39. The smallest absolute Gasteiger partial charge is 0.269 e. The van der Waals surface area contributed by atoms with E-state index in [1.807, 2.05) is 0 Å². The average Bonchev–Trinajstić information content (AvgIpc) is 3.40. The first kappa shape index (κ1) is 26.2. The second-order valence-electron chi connectivity index (χ2n) is 8.87. The predicted molar refractivity (Wildman–Crippen MR) is 148 cm³/mol. The fourth-order valence-electron chi connectivity index (χ4n) is 4.53. The SMILES string of the molecule is COc1cc(OC)cc(-c2nc3n(n2)C(c2ccc([N+](=O)[O-])cc2)C(C(=O)Nc2ccccc2OC)=C(C)N3)c1. The number of hydrogen-bond acceptors (Lipinski definition) is 9. The van der Waals surface area contributed by atoms with Crippen molar-refractivity contribution < 1.29 is 23.9 Å². The third-order valence-corrected chi connectivity index (χ3v) is 6.48. The van der Waals surface area contributed by atoms with Gasteiger partial charge < -0.3 is 24.8 Å². The number of nitrogens with one attached hydrogen (secondary N) is 2. The van der Waals surface area contributed by atoms with Crippen LogP contribution in [0.4, 0.5) is 17.3 Å². The van der Waals surface area contributed by atoms with Gasteiger partial charge in [-0.25, -0.2) is 4.68 Å². The number of non-ortho nitro benzene ring substituents is 1. The Bertz CT molecular complexity index is 1610. The molecule has 1 aliphatic heterocycles. The topological polar surface area (TPSA) is 143 Å². The van der Waals surface area contributed by atoms with E-state index in [9.17, 15) is 14.9 Å². The van der Waals surface area contributed by atoms with Crippen LogP contribution in [0.2, 0.25) is 0 Å². The molecule has 0 spiro atoms. The highest BCUT2D eigenvalue weighted by Gasteiger charge is 2.35. The molecule has 1 unspecified atom stereocenters. The van der Waals surface area contributed by atoms with Crippen LogP contribution in [-0.4, -0.2) is 46.9 Å². The summed E-state index contributed by atoms with van der Waals surface area (Å²) < 4.78 is 17.8. The zero-order valence-corrected chi connectivity index (χ0v) is 22.2. The van der Waals surface area contributed by atoms with Crippen molar-refractivity contribution in [2.75, 3.05) is 32.0 Å². The highest BCUT2D eigenvalue weighted by Crippen LogP contribution is 2.38. The molecule has 1 aliphatic rings. The summed E-state index contributed by atoms with van der Waals surface area (Å²) in [7, 11) is 4.63. The number of rotatable bonds is 8. The van der Waals surface area contributed by atoms with E-state index < -0.39 is 16.9 Å². The number of allylic oxidation sites excluding steroid dienone is 1. The van der Waals surface area contributed by atoms with Gasteiger partial charge in [0.05, 0.1) is 37.5 Å². The molecule has 5 rings (SSSR count). The van der Waals surface area contributed by atoms with Gasteiger partial charge in [-0.3, -0.25) is 14.9 Å². The third kappa shape index (κ3) is 4.89. The Balaban J connectivity index is 1.62. The Morgan fingerprint density at radius 2 is 1.68 bits per heavy atom. The lowest BCUT2D eigenvalue weighted by atomic mass is 9.95. The molecular weight excluding hydrogens is 516 g/mol. The first-order valence-electron chi connectivity index (χ1n) is 12.2.